The van der Waals surface area contributed by atoms with Crippen LogP contribution in [0.4, 0.5) is 14.5 Å². The molecule has 3 aromatic carbocycles. The molecule has 8 heteroatoms. The third kappa shape index (κ3) is 3.32. The molecule has 1 amide bonds. The number of halogens is 2. The summed E-state index contributed by atoms with van der Waals surface area (Å²) in [4.78, 5) is 20.2. The van der Waals surface area contributed by atoms with Gasteiger partial charge in [-0.3, -0.25) is 4.79 Å². The molecule has 0 unspecified atom stereocenters. The van der Waals surface area contributed by atoms with Gasteiger partial charge in [0.05, 0.1) is 11.0 Å². The minimum Gasteiger partial charge on any atom is -0.486 e. The lowest BCUT2D eigenvalue weighted by atomic mass is 10.1. The molecule has 150 valence electrons. The van der Waals surface area contributed by atoms with Crippen LogP contribution in [0, 0.1) is 11.6 Å². The van der Waals surface area contributed by atoms with E-state index in [9.17, 15) is 13.6 Å². The van der Waals surface area contributed by atoms with Gasteiger partial charge < -0.3 is 19.8 Å². The van der Waals surface area contributed by atoms with E-state index in [-0.39, 0.29) is 5.56 Å². The highest BCUT2D eigenvalue weighted by Crippen LogP contribution is 2.35. The predicted octanol–water partition coefficient (Wildman–Crippen LogP) is 4.53. The van der Waals surface area contributed by atoms with E-state index in [0.717, 1.165) is 28.7 Å². The Morgan fingerprint density at radius 2 is 1.77 bits per heavy atom. The largest absolute Gasteiger partial charge is 0.486 e. The lowest BCUT2D eigenvalue weighted by Crippen LogP contribution is -2.15. The van der Waals surface area contributed by atoms with E-state index in [0.29, 0.717) is 36.2 Å². The topological polar surface area (TPSA) is 76.2 Å². The van der Waals surface area contributed by atoms with Crippen molar-refractivity contribution in [2.45, 2.75) is 0 Å². The van der Waals surface area contributed by atoms with Crippen molar-refractivity contribution in [3.8, 4) is 22.9 Å². The number of carbonyl (C=O) groups excluding carboxylic acids is 1. The quantitative estimate of drug-likeness (QED) is 0.523. The molecule has 4 aromatic rings. The maximum atomic E-state index is 13.4. The number of amides is 1. The van der Waals surface area contributed by atoms with Gasteiger partial charge in [-0.15, -0.1) is 0 Å². The zero-order chi connectivity index (χ0) is 20.7. The molecule has 1 aliphatic rings. The average molecular weight is 407 g/mol. The summed E-state index contributed by atoms with van der Waals surface area (Å²) in [6.07, 6.45) is 0. The Morgan fingerprint density at radius 3 is 2.57 bits per heavy atom. The molecule has 0 radical (unpaired) electrons. The zero-order valence-corrected chi connectivity index (χ0v) is 15.5. The van der Waals surface area contributed by atoms with Gasteiger partial charge in [0.1, 0.15) is 19.0 Å². The second-order valence-electron chi connectivity index (χ2n) is 6.76. The predicted molar refractivity (Wildman–Crippen MR) is 107 cm³/mol. The normalized spacial score (nSPS) is 12.7. The number of imidazole rings is 1. The highest BCUT2D eigenvalue weighted by Gasteiger charge is 2.16. The smallest absolute Gasteiger partial charge is 0.255 e. The molecule has 0 bridgehead atoms. The lowest BCUT2D eigenvalue weighted by Gasteiger charge is -2.17. The van der Waals surface area contributed by atoms with E-state index in [1.807, 2.05) is 18.2 Å². The monoisotopic (exact) mass is 407 g/mol. The zero-order valence-electron chi connectivity index (χ0n) is 15.5. The molecule has 2 heterocycles. The number of benzene rings is 3. The molecule has 6 nitrogen and oxygen atoms in total. The van der Waals surface area contributed by atoms with E-state index < -0.39 is 17.5 Å². The van der Waals surface area contributed by atoms with Crippen molar-refractivity contribution in [3.63, 3.8) is 0 Å². The molecule has 5 rings (SSSR count). The number of H-pyrrole nitrogens is 1. The fourth-order valence-electron chi connectivity index (χ4n) is 3.27. The Bertz CT molecular complexity index is 1240. The van der Waals surface area contributed by atoms with Crippen molar-refractivity contribution in [2.75, 3.05) is 18.5 Å². The third-order valence-electron chi connectivity index (χ3n) is 4.72. The number of anilines is 1. The number of nitrogens with zero attached hydrogens (tertiary/aromatic N) is 1. The van der Waals surface area contributed by atoms with Gasteiger partial charge >= 0.3 is 0 Å². The standard InChI is InChI=1S/C22H15F2N3O3/c23-15-5-4-13(9-16(15)24)22(28)25-14-3-1-2-12(8-14)21-26-17-10-19-20(11-18(17)27-21)30-7-6-29-19/h1-5,8-11H,6-7H2,(H,25,28)(H,26,27). The van der Waals surface area contributed by atoms with Crippen LogP contribution in [0.15, 0.2) is 54.6 Å². The number of hydrogen-bond donors (Lipinski definition) is 2. The summed E-state index contributed by atoms with van der Waals surface area (Å²) in [6.45, 7) is 0.995. The molecule has 2 N–H and O–H groups in total. The molecule has 0 saturated heterocycles. The van der Waals surface area contributed by atoms with E-state index in [4.69, 9.17) is 9.47 Å². The fraction of sp³-hybridized carbons (Fsp3) is 0.0909. The lowest BCUT2D eigenvalue weighted by molar-refractivity contribution is 0.102. The Balaban J connectivity index is 1.43. The van der Waals surface area contributed by atoms with Crippen LogP contribution < -0.4 is 14.8 Å². The molecule has 30 heavy (non-hydrogen) atoms. The number of fused-ring (bicyclic) bond motifs is 2. The molecule has 0 fully saturated rings. The number of rotatable bonds is 3. The van der Waals surface area contributed by atoms with Crippen LogP contribution in [0.3, 0.4) is 0 Å². The highest BCUT2D eigenvalue weighted by atomic mass is 19.2. The maximum Gasteiger partial charge on any atom is 0.255 e. The van der Waals surface area contributed by atoms with Gasteiger partial charge in [0.25, 0.3) is 5.91 Å². The molecule has 0 saturated carbocycles. The second kappa shape index (κ2) is 7.14. The van der Waals surface area contributed by atoms with Gasteiger partial charge in [-0.05, 0) is 30.3 Å². The Kier molecular flexibility index (Phi) is 4.31. The number of aromatic nitrogens is 2. The number of carbonyl (C=O) groups is 1. The van der Waals surface area contributed by atoms with Crippen LogP contribution >= 0.6 is 0 Å². The molecule has 1 aromatic heterocycles. The summed E-state index contributed by atoms with van der Waals surface area (Å²) in [7, 11) is 0. The number of aromatic amines is 1. The van der Waals surface area contributed by atoms with Gasteiger partial charge in [-0.25, -0.2) is 13.8 Å². The maximum absolute atomic E-state index is 13.4. The first-order valence-electron chi connectivity index (χ1n) is 9.23. The first-order chi connectivity index (χ1) is 14.6. The second-order valence-corrected chi connectivity index (χ2v) is 6.76. The van der Waals surface area contributed by atoms with Gasteiger partial charge in [0, 0.05) is 28.9 Å². The summed E-state index contributed by atoms with van der Waals surface area (Å²) in [6, 6.07) is 13.7. The Hall–Kier alpha value is -3.94. The van der Waals surface area contributed by atoms with E-state index in [1.165, 1.54) is 6.07 Å². The highest BCUT2D eigenvalue weighted by molar-refractivity contribution is 6.04. The molecular formula is C22H15F2N3O3. The average Bonchev–Trinajstić information content (AvgIpc) is 3.17. The summed E-state index contributed by atoms with van der Waals surface area (Å²) in [5.41, 5.74) is 2.78. The SMILES string of the molecule is O=C(Nc1cccc(-c2nc3cc4c(cc3[nH]2)OCCO4)c1)c1ccc(F)c(F)c1. The van der Waals surface area contributed by atoms with Crippen molar-refractivity contribution in [1.29, 1.82) is 0 Å². The first-order valence-corrected chi connectivity index (χ1v) is 9.23. The van der Waals surface area contributed by atoms with Crippen LogP contribution in [0.2, 0.25) is 0 Å². The number of ether oxygens (including phenoxy) is 2. The van der Waals surface area contributed by atoms with Crippen molar-refractivity contribution in [1.82, 2.24) is 9.97 Å². The van der Waals surface area contributed by atoms with Gasteiger partial charge in [-0.2, -0.15) is 0 Å². The van der Waals surface area contributed by atoms with E-state index in [2.05, 4.69) is 15.3 Å². The van der Waals surface area contributed by atoms with E-state index in [1.54, 1.807) is 18.2 Å². The molecule has 0 atom stereocenters. The minimum absolute atomic E-state index is 0.0219. The minimum atomic E-state index is -1.07. The van der Waals surface area contributed by atoms with Crippen LogP contribution in [0.1, 0.15) is 10.4 Å². The number of hydrogen-bond acceptors (Lipinski definition) is 4. The van der Waals surface area contributed by atoms with Gasteiger partial charge in [0.15, 0.2) is 23.1 Å². The van der Waals surface area contributed by atoms with Crippen LogP contribution in [-0.2, 0) is 0 Å². The van der Waals surface area contributed by atoms with Crippen molar-refractivity contribution in [3.05, 3.63) is 71.8 Å². The van der Waals surface area contributed by atoms with Crippen LogP contribution in [-0.4, -0.2) is 29.1 Å². The summed E-state index contributed by atoms with van der Waals surface area (Å²) in [5, 5.41) is 2.68. The summed E-state index contributed by atoms with van der Waals surface area (Å²) in [5.74, 6) is -0.699. The molecule has 0 aliphatic carbocycles. The molecular weight excluding hydrogens is 392 g/mol. The van der Waals surface area contributed by atoms with Crippen molar-refractivity contribution in [2.24, 2.45) is 0 Å². The molecule has 1 aliphatic heterocycles. The van der Waals surface area contributed by atoms with Crippen LogP contribution in [0.25, 0.3) is 22.4 Å². The van der Waals surface area contributed by atoms with Gasteiger partial charge in [-0.1, -0.05) is 12.1 Å². The Labute approximate surface area is 169 Å². The fourth-order valence-corrected chi connectivity index (χ4v) is 3.27. The Morgan fingerprint density at radius 1 is 0.967 bits per heavy atom. The first kappa shape index (κ1) is 18.1. The van der Waals surface area contributed by atoms with Crippen LogP contribution in [0.5, 0.6) is 11.5 Å². The third-order valence-corrected chi connectivity index (χ3v) is 4.72. The number of nitrogens with one attached hydrogen (secondary N) is 2. The summed E-state index contributed by atoms with van der Waals surface area (Å²) >= 11 is 0. The van der Waals surface area contributed by atoms with Gasteiger partial charge in [0.2, 0.25) is 0 Å². The van der Waals surface area contributed by atoms with Crippen molar-refractivity contribution >= 4 is 22.6 Å². The molecule has 0 spiro atoms. The van der Waals surface area contributed by atoms with E-state index >= 15 is 0 Å². The van der Waals surface area contributed by atoms with Crippen molar-refractivity contribution < 1.29 is 23.0 Å². The summed E-state index contributed by atoms with van der Waals surface area (Å²) < 4.78 is 37.7.